The highest BCUT2D eigenvalue weighted by Crippen LogP contribution is 2.48. The van der Waals surface area contributed by atoms with Crippen LogP contribution in [0.3, 0.4) is 0 Å². The fourth-order valence-corrected chi connectivity index (χ4v) is 24.6. The summed E-state index contributed by atoms with van der Waals surface area (Å²) in [4.78, 5) is 42.4. The summed E-state index contributed by atoms with van der Waals surface area (Å²) in [5.74, 6) is 6.23. The summed E-state index contributed by atoms with van der Waals surface area (Å²) in [5.41, 5.74) is 17.6. The van der Waals surface area contributed by atoms with Crippen LogP contribution in [0.5, 0.6) is 46.0 Å². The van der Waals surface area contributed by atoms with Crippen LogP contribution in [0.1, 0.15) is 0 Å². The molecule has 16 nitrogen and oxygen atoms in total. The molecule has 0 fully saturated rings. The molecule has 0 radical (unpaired) electrons. The SMILES string of the molecule is c1cc2c(cc1-c1cnc(-c3ccc4cc(-c5ncc(-c6ccc7c(c6)OCO7)s5)ccc4c3)s1)OCO2.c1cc2cc(-c3cnc(-c4ccc5c(c4)OCO5)s3)ccc2cc1-c1cnc(-c2ccc3c(c2)OCO3)s1.c1ccc2sc(-c3ccc4cc(-c5nc6ccccc6s5)ccc4c3)nc2c1.c1ccc2sc(-c3ccc4cc5cc(-c6nc7ccccc7s6)ccc5cc4c3)nc2c1. The van der Waals surface area contributed by atoms with Crippen molar-refractivity contribution >= 4 is 185 Å². The zero-order valence-corrected chi connectivity index (χ0v) is 78.0. The van der Waals surface area contributed by atoms with E-state index in [1.807, 2.05) is 122 Å². The fourth-order valence-electron chi connectivity index (χ4n) is 17.1. The lowest BCUT2D eigenvalue weighted by atomic mass is 10.0. The Labute approximate surface area is 808 Å². The third-order valence-electron chi connectivity index (χ3n) is 24.1. The number of hydrogen-bond donors (Lipinski definition) is 0. The highest BCUT2D eigenvalue weighted by Gasteiger charge is 2.24. The molecular weight excluding hydrogens is 1840 g/mol. The number of rotatable bonds is 12. The zero-order valence-electron chi connectivity index (χ0n) is 71.4. The second kappa shape index (κ2) is 34.5. The Bertz CT molecular complexity index is 8140. The molecule has 8 aromatic heterocycles. The standard InChI is InChI=1S/2C30H18N2O4S2.C28H16N2S2.C24H14N2S2/c1-3-21(29-31-13-27(37-29)19-5-7-23-25(11-19)35-15-33-23)10-18-2-4-22(9-17(1)18)30-32-14-28(38-30)20-6-8-24-26(12-20)36-16-34-24;1-3-19(27-13-31-29(37-27)21-5-7-23-25(11-21)35-15-33-23)10-18-2-4-20(9-17(1)18)28-14-32-30(38-28)22-6-8-24-26(12-22)36-16-34-24;1-3-7-25-23(5-1)29-27(31-25)19-11-9-17-14-22-16-20(12-10-18(22)13-21(17)15-19)28-30-24-6-2-4-8-26(24)32-28;1-3-7-21-19(5-1)25-23(27-21)17-11-9-16-14-18(12-10-15(16)13-17)24-26-20-6-2-4-8-22(20)28-24/h2*1-14H,15-16H2;1-16H;1-14H. The van der Waals surface area contributed by atoms with E-state index in [9.17, 15) is 0 Å². The number of thiazole rings is 8. The smallest absolute Gasteiger partial charge is 0.231 e. The van der Waals surface area contributed by atoms with Crippen LogP contribution in [0.2, 0.25) is 0 Å². The van der Waals surface area contributed by atoms with Crippen molar-refractivity contribution < 1.29 is 37.9 Å². The third-order valence-corrected chi connectivity index (χ3v) is 32.8. The molecule has 0 bridgehead atoms. The predicted octanol–water partition coefficient (Wildman–Crippen LogP) is 31.7. The van der Waals surface area contributed by atoms with Gasteiger partial charge in [-0.2, -0.15) is 0 Å². The van der Waals surface area contributed by atoms with Gasteiger partial charge in [0.15, 0.2) is 46.0 Å². The molecule has 29 rings (SSSR count). The average molecular weight is 1910 g/mol. The van der Waals surface area contributed by atoms with E-state index >= 15 is 0 Å². The van der Waals surface area contributed by atoms with E-state index < -0.39 is 0 Å². The van der Waals surface area contributed by atoms with Crippen LogP contribution >= 0.6 is 90.7 Å². The number of fused-ring (bicyclic) bond motifs is 13. The van der Waals surface area contributed by atoms with E-state index in [0.717, 1.165) is 172 Å². The Kier molecular flexibility index (Phi) is 20.6. The zero-order chi connectivity index (χ0) is 89.7. The second-order valence-electron chi connectivity index (χ2n) is 32.6. The van der Waals surface area contributed by atoms with Gasteiger partial charge < -0.3 is 37.9 Å². The first-order chi connectivity index (χ1) is 67.2. The van der Waals surface area contributed by atoms with Gasteiger partial charge in [0.2, 0.25) is 27.2 Å². The molecule has 0 amide bonds. The van der Waals surface area contributed by atoms with Gasteiger partial charge in [0.25, 0.3) is 0 Å². The van der Waals surface area contributed by atoms with Crippen LogP contribution in [0.25, 0.3) is 221 Å². The van der Waals surface area contributed by atoms with E-state index in [4.69, 9.17) is 67.8 Å². The summed E-state index contributed by atoms with van der Waals surface area (Å²) in [6.07, 6.45) is 7.72. The van der Waals surface area contributed by atoms with Crippen LogP contribution in [-0.4, -0.2) is 67.0 Å². The summed E-state index contributed by atoms with van der Waals surface area (Å²) in [7, 11) is 0. The molecule has 25 aromatic rings. The van der Waals surface area contributed by atoms with Gasteiger partial charge in [-0.1, -0.05) is 146 Å². The Morgan fingerprint density at radius 3 is 0.640 bits per heavy atom. The molecule has 0 saturated heterocycles. The summed E-state index contributed by atoms with van der Waals surface area (Å²) in [6.45, 7) is 1.08. The molecule has 136 heavy (non-hydrogen) atoms. The minimum Gasteiger partial charge on any atom is -0.454 e. The van der Waals surface area contributed by atoms with Crippen LogP contribution in [0.15, 0.2) is 352 Å². The average Bonchev–Trinajstić information content (AvgIpc) is 1.38. The van der Waals surface area contributed by atoms with Crippen LogP contribution in [-0.2, 0) is 0 Å². The lowest BCUT2D eigenvalue weighted by molar-refractivity contribution is 0.173. The van der Waals surface area contributed by atoms with Gasteiger partial charge in [-0.05, 0) is 258 Å². The molecule has 650 valence electrons. The normalized spacial score (nSPS) is 12.6. The van der Waals surface area contributed by atoms with E-state index in [2.05, 4.69) is 240 Å². The van der Waals surface area contributed by atoms with Crippen molar-refractivity contribution in [2.45, 2.75) is 0 Å². The molecule has 0 saturated carbocycles. The summed E-state index contributed by atoms with van der Waals surface area (Å²) in [6, 6.07) is 114. The summed E-state index contributed by atoms with van der Waals surface area (Å²) in [5, 5.41) is 20.3. The van der Waals surface area contributed by atoms with E-state index in [1.54, 1.807) is 90.7 Å². The molecule has 0 N–H and O–H groups in total. The number of hydrogen-bond acceptors (Lipinski definition) is 24. The Morgan fingerprint density at radius 2 is 0.360 bits per heavy atom. The summed E-state index contributed by atoms with van der Waals surface area (Å²) < 4.78 is 48.7. The lowest BCUT2D eigenvalue weighted by Crippen LogP contribution is -1.92. The predicted molar refractivity (Wildman–Crippen MR) is 558 cm³/mol. The molecule has 12 heterocycles. The van der Waals surface area contributed by atoms with E-state index in [1.165, 1.54) is 94.9 Å². The number of nitrogens with zero attached hydrogens (tertiary/aromatic N) is 8. The molecule has 0 atom stereocenters. The second-order valence-corrected chi connectivity index (χ2v) is 40.9. The first kappa shape index (κ1) is 81.3. The molecule has 24 heteroatoms. The summed E-state index contributed by atoms with van der Waals surface area (Å²) >= 11 is 13.7. The number of ether oxygens (including phenoxy) is 8. The van der Waals surface area contributed by atoms with Gasteiger partial charge in [-0.25, -0.2) is 39.9 Å². The molecule has 0 aliphatic carbocycles. The molecule has 4 aliphatic rings. The first-order valence-corrected chi connectivity index (χ1v) is 50.2. The maximum absolute atomic E-state index is 5.53. The first-order valence-electron chi connectivity index (χ1n) is 43.6. The van der Waals surface area contributed by atoms with Crippen molar-refractivity contribution in [3.05, 3.63) is 352 Å². The van der Waals surface area contributed by atoms with Gasteiger partial charge in [0.05, 0.1) is 60.4 Å². The van der Waals surface area contributed by atoms with Crippen molar-refractivity contribution in [3.8, 4) is 172 Å². The van der Waals surface area contributed by atoms with E-state index in [0.29, 0.717) is 0 Å². The molecule has 0 unspecified atom stereocenters. The van der Waals surface area contributed by atoms with Gasteiger partial charge in [0.1, 0.15) is 40.1 Å². The van der Waals surface area contributed by atoms with Gasteiger partial charge >= 0.3 is 0 Å². The van der Waals surface area contributed by atoms with Crippen molar-refractivity contribution in [3.63, 3.8) is 0 Å². The number of aromatic nitrogens is 8. The quantitative estimate of drug-likeness (QED) is 0.105. The largest absolute Gasteiger partial charge is 0.454 e. The molecule has 17 aromatic carbocycles. The molecule has 4 aliphatic heterocycles. The monoisotopic (exact) mass is 1910 g/mol. The minimum atomic E-state index is 0.269. The number of benzene rings is 17. The Hall–Kier alpha value is -15.5. The third kappa shape index (κ3) is 15.9. The van der Waals surface area contributed by atoms with Crippen molar-refractivity contribution in [2.24, 2.45) is 0 Å². The van der Waals surface area contributed by atoms with Crippen molar-refractivity contribution in [1.82, 2.24) is 39.9 Å². The van der Waals surface area contributed by atoms with Crippen LogP contribution < -0.4 is 37.9 Å². The van der Waals surface area contributed by atoms with E-state index in [-0.39, 0.29) is 27.2 Å². The van der Waals surface area contributed by atoms with Crippen molar-refractivity contribution in [2.75, 3.05) is 27.2 Å². The lowest BCUT2D eigenvalue weighted by Gasteiger charge is -2.06. The number of para-hydroxylation sites is 4. The topological polar surface area (TPSA) is 177 Å². The van der Waals surface area contributed by atoms with Crippen LogP contribution in [0, 0.1) is 0 Å². The molecular formula is C112H66N8O8S8. The van der Waals surface area contributed by atoms with Gasteiger partial charge in [-0.3, -0.25) is 0 Å². The molecule has 0 spiro atoms. The maximum Gasteiger partial charge on any atom is 0.231 e. The van der Waals surface area contributed by atoms with Crippen LogP contribution in [0.4, 0.5) is 0 Å². The fraction of sp³-hybridized carbons (Fsp3) is 0.0357. The minimum absolute atomic E-state index is 0.269. The Morgan fingerprint density at radius 1 is 0.162 bits per heavy atom. The van der Waals surface area contributed by atoms with Gasteiger partial charge in [0, 0.05) is 69.3 Å². The highest BCUT2D eigenvalue weighted by molar-refractivity contribution is 7.23. The van der Waals surface area contributed by atoms with Crippen molar-refractivity contribution in [1.29, 1.82) is 0 Å². The maximum atomic E-state index is 5.53. The van der Waals surface area contributed by atoms with Gasteiger partial charge in [-0.15, -0.1) is 90.7 Å². The highest BCUT2D eigenvalue weighted by atomic mass is 32.1. The Balaban J connectivity index is 0.0000000948.